The minimum atomic E-state index is -0.235. The van der Waals surface area contributed by atoms with E-state index in [1.54, 1.807) is 0 Å². The molecular weight excluding hydrogens is 278 g/mol. The van der Waals surface area contributed by atoms with Crippen LogP contribution in [-0.4, -0.2) is 55.7 Å². The van der Waals surface area contributed by atoms with E-state index in [4.69, 9.17) is 10.5 Å². The van der Waals surface area contributed by atoms with Gasteiger partial charge in [-0.25, -0.2) is 0 Å². The summed E-state index contributed by atoms with van der Waals surface area (Å²) >= 11 is 0. The van der Waals surface area contributed by atoms with Crippen LogP contribution in [0.1, 0.15) is 18.4 Å². The molecule has 22 heavy (non-hydrogen) atoms. The van der Waals surface area contributed by atoms with Crippen LogP contribution >= 0.6 is 0 Å². The Kier molecular flexibility index (Phi) is 4.76. The molecule has 0 aliphatic carbocycles. The number of nitrogens with two attached hydrogens (primary N) is 1. The molecule has 0 bridgehead atoms. The number of carbonyl (C=O) groups excluding carboxylic acids is 1. The number of hydrogen-bond acceptors (Lipinski definition) is 4. The maximum absolute atomic E-state index is 12.8. The quantitative estimate of drug-likeness (QED) is 0.856. The molecule has 120 valence electrons. The average molecular weight is 303 g/mol. The Hall–Kier alpha value is -1.43. The van der Waals surface area contributed by atoms with Gasteiger partial charge in [0.1, 0.15) is 6.04 Å². The van der Waals surface area contributed by atoms with Gasteiger partial charge in [0.25, 0.3) is 0 Å². The van der Waals surface area contributed by atoms with Crippen molar-refractivity contribution in [2.45, 2.75) is 25.0 Å². The number of morpholine rings is 1. The summed E-state index contributed by atoms with van der Waals surface area (Å²) in [6, 6.07) is 10.1. The molecular formula is C17H25N3O2. The Morgan fingerprint density at radius 2 is 2.14 bits per heavy atom. The van der Waals surface area contributed by atoms with Gasteiger partial charge < -0.3 is 20.7 Å². The minimum Gasteiger partial charge on any atom is -0.375 e. The van der Waals surface area contributed by atoms with Gasteiger partial charge in [0, 0.05) is 25.6 Å². The second-order valence-electron chi connectivity index (χ2n) is 6.26. The Labute approximate surface area is 131 Å². The van der Waals surface area contributed by atoms with Crippen LogP contribution in [0.5, 0.6) is 0 Å². The fourth-order valence-electron chi connectivity index (χ4n) is 3.57. The van der Waals surface area contributed by atoms with Crippen molar-refractivity contribution in [2.24, 2.45) is 11.7 Å². The van der Waals surface area contributed by atoms with Crippen LogP contribution in [0, 0.1) is 5.92 Å². The zero-order chi connectivity index (χ0) is 15.5. The van der Waals surface area contributed by atoms with Gasteiger partial charge in [0.15, 0.2) is 0 Å². The van der Waals surface area contributed by atoms with E-state index in [0.717, 1.165) is 19.6 Å². The molecule has 5 heteroatoms. The molecule has 0 saturated carbocycles. The smallest absolute Gasteiger partial charge is 0.242 e. The monoisotopic (exact) mass is 303 g/mol. The van der Waals surface area contributed by atoms with Crippen molar-refractivity contribution in [3.8, 4) is 0 Å². The molecule has 4 atom stereocenters. The first kappa shape index (κ1) is 15.5. The van der Waals surface area contributed by atoms with Crippen LogP contribution in [-0.2, 0) is 9.53 Å². The third kappa shape index (κ3) is 3.02. The van der Waals surface area contributed by atoms with Crippen LogP contribution in [0.15, 0.2) is 30.3 Å². The lowest BCUT2D eigenvalue weighted by Crippen LogP contribution is -2.56. The molecule has 0 spiro atoms. The lowest BCUT2D eigenvalue weighted by Gasteiger charge is -2.32. The van der Waals surface area contributed by atoms with Crippen molar-refractivity contribution in [2.75, 3.05) is 32.8 Å². The number of likely N-dealkylation sites (tertiary alicyclic amines) is 1. The van der Waals surface area contributed by atoms with E-state index in [9.17, 15) is 4.79 Å². The molecule has 2 aliphatic rings. The average Bonchev–Trinajstić information content (AvgIpc) is 3.00. The zero-order valence-corrected chi connectivity index (χ0v) is 13.1. The van der Waals surface area contributed by atoms with E-state index in [-0.39, 0.29) is 18.1 Å². The van der Waals surface area contributed by atoms with Crippen molar-refractivity contribution >= 4 is 5.91 Å². The van der Waals surface area contributed by atoms with Crippen LogP contribution in [0.3, 0.4) is 0 Å². The van der Waals surface area contributed by atoms with Crippen molar-refractivity contribution < 1.29 is 9.53 Å². The summed E-state index contributed by atoms with van der Waals surface area (Å²) in [6.07, 6.45) is -0.0756. The molecule has 3 rings (SSSR count). The summed E-state index contributed by atoms with van der Waals surface area (Å²) in [4.78, 5) is 14.7. The summed E-state index contributed by atoms with van der Waals surface area (Å²) in [5, 5.41) is 3.29. The Morgan fingerprint density at radius 1 is 1.36 bits per heavy atom. The Bertz CT molecular complexity index is 508. The van der Waals surface area contributed by atoms with Gasteiger partial charge in [0.05, 0.1) is 12.7 Å². The normalized spacial score (nSPS) is 32.2. The summed E-state index contributed by atoms with van der Waals surface area (Å²) in [5.74, 6) is 0.796. The van der Waals surface area contributed by atoms with Crippen LogP contribution in [0.2, 0.25) is 0 Å². The topological polar surface area (TPSA) is 67.6 Å². The maximum atomic E-state index is 12.8. The van der Waals surface area contributed by atoms with E-state index in [2.05, 4.69) is 17.4 Å². The van der Waals surface area contributed by atoms with Crippen LogP contribution < -0.4 is 11.1 Å². The SMILES string of the molecule is C[C@H]1OCCN[C@@H]1C(=O)N1C[C@@H](CN)[C@H](c2ccccc2)C1. The van der Waals surface area contributed by atoms with E-state index in [1.807, 2.05) is 30.0 Å². The number of amides is 1. The number of hydrogen-bond donors (Lipinski definition) is 2. The van der Waals surface area contributed by atoms with Gasteiger partial charge in [-0.2, -0.15) is 0 Å². The van der Waals surface area contributed by atoms with Gasteiger partial charge in [0.2, 0.25) is 5.91 Å². The maximum Gasteiger partial charge on any atom is 0.242 e. The Balaban J connectivity index is 1.72. The van der Waals surface area contributed by atoms with Crippen LogP contribution in [0.25, 0.3) is 0 Å². The first-order valence-electron chi connectivity index (χ1n) is 8.09. The molecule has 2 heterocycles. The third-order valence-electron chi connectivity index (χ3n) is 4.87. The number of nitrogens with zero attached hydrogens (tertiary/aromatic N) is 1. The summed E-state index contributed by atoms with van der Waals surface area (Å²) in [7, 11) is 0. The van der Waals surface area contributed by atoms with Gasteiger partial charge in [-0.3, -0.25) is 4.79 Å². The summed E-state index contributed by atoms with van der Waals surface area (Å²) in [6.45, 7) is 5.45. The molecule has 2 aliphatic heterocycles. The van der Waals surface area contributed by atoms with E-state index < -0.39 is 0 Å². The first-order chi connectivity index (χ1) is 10.7. The number of ether oxygens (including phenoxy) is 1. The second-order valence-corrected chi connectivity index (χ2v) is 6.26. The molecule has 2 saturated heterocycles. The van der Waals surface area contributed by atoms with Crippen LogP contribution in [0.4, 0.5) is 0 Å². The highest BCUT2D eigenvalue weighted by atomic mass is 16.5. The standard InChI is InChI=1S/C17H25N3O2/c1-12-16(19-7-8-22-12)17(21)20-10-14(9-18)15(11-20)13-5-3-2-4-6-13/h2-6,12,14-16,19H,7-11,18H2,1H3/t12-,14-,15+,16+/m1/s1. The van der Waals surface area contributed by atoms with Crippen molar-refractivity contribution in [3.05, 3.63) is 35.9 Å². The largest absolute Gasteiger partial charge is 0.375 e. The zero-order valence-electron chi connectivity index (χ0n) is 13.1. The highest BCUT2D eigenvalue weighted by Gasteiger charge is 2.39. The summed E-state index contributed by atoms with van der Waals surface area (Å²) in [5.41, 5.74) is 7.22. The van der Waals surface area contributed by atoms with Crippen molar-refractivity contribution in [3.63, 3.8) is 0 Å². The molecule has 1 aromatic carbocycles. The number of carbonyl (C=O) groups is 1. The lowest BCUT2D eigenvalue weighted by molar-refractivity contribution is -0.138. The molecule has 1 amide bonds. The molecule has 1 aromatic rings. The molecule has 0 aromatic heterocycles. The molecule has 2 fully saturated rings. The fourth-order valence-corrected chi connectivity index (χ4v) is 3.57. The Morgan fingerprint density at radius 3 is 2.82 bits per heavy atom. The van der Waals surface area contributed by atoms with E-state index in [0.29, 0.717) is 25.0 Å². The number of nitrogens with one attached hydrogen (secondary N) is 1. The highest BCUT2D eigenvalue weighted by Crippen LogP contribution is 2.32. The predicted octanol–water partition coefficient (Wildman–Crippen LogP) is 0.564. The third-order valence-corrected chi connectivity index (χ3v) is 4.87. The minimum absolute atomic E-state index is 0.0756. The molecule has 0 unspecified atom stereocenters. The lowest BCUT2D eigenvalue weighted by atomic mass is 9.89. The van der Waals surface area contributed by atoms with E-state index in [1.165, 1.54) is 5.56 Å². The van der Waals surface area contributed by atoms with Crippen molar-refractivity contribution in [1.82, 2.24) is 10.2 Å². The van der Waals surface area contributed by atoms with Gasteiger partial charge in [-0.05, 0) is 24.9 Å². The fraction of sp³-hybridized carbons (Fsp3) is 0.588. The number of benzene rings is 1. The highest BCUT2D eigenvalue weighted by molar-refractivity contribution is 5.83. The predicted molar refractivity (Wildman–Crippen MR) is 85.5 cm³/mol. The van der Waals surface area contributed by atoms with Gasteiger partial charge in [-0.15, -0.1) is 0 Å². The van der Waals surface area contributed by atoms with Gasteiger partial charge >= 0.3 is 0 Å². The molecule has 3 N–H and O–H groups in total. The van der Waals surface area contributed by atoms with Gasteiger partial charge in [-0.1, -0.05) is 30.3 Å². The molecule has 5 nitrogen and oxygen atoms in total. The first-order valence-corrected chi connectivity index (χ1v) is 8.09. The summed E-state index contributed by atoms with van der Waals surface area (Å²) < 4.78 is 5.60. The second kappa shape index (κ2) is 6.77. The molecule has 0 radical (unpaired) electrons. The van der Waals surface area contributed by atoms with Crippen molar-refractivity contribution in [1.29, 1.82) is 0 Å². The van der Waals surface area contributed by atoms with E-state index >= 15 is 0 Å². The number of rotatable bonds is 3.